The Morgan fingerprint density at radius 2 is 1.20 bits per heavy atom. The fraction of sp³-hybridized carbons (Fsp3) is 0.162. The van der Waals surface area contributed by atoms with Crippen LogP contribution in [-0.2, 0) is 24.1 Å². The number of carbonyl (C=O) groups excluding carboxylic acids is 3. The Hall–Kier alpha value is -4.65. The number of nitrogens with one attached hydrogen (secondary N) is 1. The quantitative estimate of drug-likeness (QED) is 0.160. The van der Waals surface area contributed by atoms with Crippen LogP contribution in [0.2, 0.25) is 0 Å². The number of carbonyl (C=O) groups is 3. The van der Waals surface area contributed by atoms with E-state index in [0.29, 0.717) is 33.7 Å². The number of nitrogens with zero attached hydrogens (tertiary/aromatic N) is 1. The van der Waals surface area contributed by atoms with Crippen LogP contribution in [0.4, 0.5) is 5.69 Å². The van der Waals surface area contributed by atoms with E-state index in [2.05, 4.69) is 5.32 Å². The van der Waals surface area contributed by atoms with Crippen molar-refractivity contribution < 1.29 is 19.1 Å². The molecule has 3 aliphatic carbocycles. The normalized spacial score (nSPS) is 25.0. The molecule has 0 saturated carbocycles. The average Bonchev–Trinajstić information content (AvgIpc) is 3.35. The summed E-state index contributed by atoms with van der Waals surface area (Å²) in [6.45, 7) is 1.55. The molecule has 0 aromatic heterocycles. The standard InChI is InChI=1S/C37H26Cl2N2O4/c1-21(33(42)40-23-17-19-24(20-18-23)45-30-16-8-10-22-9-2-3-11-25(22)30)41-34(43)31-32(35(41)44)37(39)27-13-5-4-12-26(27)36(31,38)28-14-6-7-15-29(28)37/h2-21,31-32H,1H3,(H,40,42)/t21-,31-,32-,36?,37?/m1/s1. The molecule has 3 atom stereocenters. The van der Waals surface area contributed by atoms with Crippen molar-refractivity contribution in [1.82, 2.24) is 4.90 Å². The Balaban J connectivity index is 1.06. The molecule has 6 nitrogen and oxygen atoms in total. The highest BCUT2D eigenvalue weighted by Crippen LogP contribution is 2.69. The third kappa shape index (κ3) is 3.79. The third-order valence-corrected chi connectivity index (χ3v) is 10.8. The van der Waals surface area contributed by atoms with E-state index in [-0.39, 0.29) is 0 Å². The molecule has 9 rings (SSSR count). The summed E-state index contributed by atoms with van der Waals surface area (Å²) in [5, 5.41) is 4.91. The molecule has 5 aromatic carbocycles. The van der Waals surface area contributed by atoms with Gasteiger partial charge in [-0.3, -0.25) is 19.3 Å². The molecule has 0 radical (unpaired) electrons. The minimum atomic E-state index is -1.30. The number of imide groups is 1. The molecule has 5 aromatic rings. The summed E-state index contributed by atoms with van der Waals surface area (Å²) in [5.41, 5.74) is 3.36. The van der Waals surface area contributed by atoms with Crippen molar-refractivity contribution in [3.8, 4) is 11.5 Å². The molecule has 45 heavy (non-hydrogen) atoms. The van der Waals surface area contributed by atoms with Crippen LogP contribution in [0.3, 0.4) is 0 Å². The minimum absolute atomic E-state index is 0.496. The van der Waals surface area contributed by atoms with Gasteiger partial charge in [0.05, 0.1) is 11.8 Å². The SMILES string of the molecule is C[C@H](C(=O)Nc1ccc(Oc2cccc3ccccc23)cc1)N1C(=O)[C@H]2[C@H](C1=O)C1(Cl)c3ccccc3C2(Cl)c2ccccc21. The van der Waals surface area contributed by atoms with E-state index in [0.717, 1.165) is 21.4 Å². The van der Waals surface area contributed by atoms with Crippen LogP contribution < -0.4 is 10.1 Å². The van der Waals surface area contributed by atoms with Crippen molar-refractivity contribution in [3.05, 3.63) is 138 Å². The average molecular weight is 634 g/mol. The van der Waals surface area contributed by atoms with Crippen LogP contribution in [0.25, 0.3) is 10.8 Å². The van der Waals surface area contributed by atoms with Gasteiger partial charge in [0, 0.05) is 11.1 Å². The first kappa shape index (κ1) is 27.9. The van der Waals surface area contributed by atoms with Gasteiger partial charge in [-0.2, -0.15) is 0 Å². The number of hydrogen-bond donors (Lipinski definition) is 1. The van der Waals surface area contributed by atoms with Gasteiger partial charge in [-0.25, -0.2) is 0 Å². The highest BCUT2D eigenvalue weighted by molar-refractivity contribution is 6.36. The Bertz CT molecular complexity index is 1930. The van der Waals surface area contributed by atoms with Crippen LogP contribution in [-0.4, -0.2) is 28.7 Å². The van der Waals surface area contributed by atoms with Crippen molar-refractivity contribution in [2.45, 2.75) is 22.7 Å². The maximum atomic E-state index is 14.2. The topological polar surface area (TPSA) is 75.7 Å². The van der Waals surface area contributed by atoms with Crippen molar-refractivity contribution in [1.29, 1.82) is 0 Å². The lowest BCUT2D eigenvalue weighted by molar-refractivity contribution is -0.146. The molecule has 2 bridgehead atoms. The van der Waals surface area contributed by atoms with E-state index in [1.165, 1.54) is 0 Å². The van der Waals surface area contributed by atoms with Crippen molar-refractivity contribution >= 4 is 57.4 Å². The molecule has 1 saturated heterocycles. The number of alkyl halides is 2. The lowest BCUT2D eigenvalue weighted by atomic mass is 9.54. The zero-order valence-corrected chi connectivity index (χ0v) is 25.5. The molecular weight excluding hydrogens is 607 g/mol. The van der Waals surface area contributed by atoms with Gasteiger partial charge >= 0.3 is 0 Å². The Kier molecular flexibility index (Phi) is 6.15. The van der Waals surface area contributed by atoms with Crippen LogP contribution >= 0.6 is 23.2 Å². The monoisotopic (exact) mass is 632 g/mol. The number of benzene rings is 5. The van der Waals surface area contributed by atoms with Gasteiger partial charge in [0.25, 0.3) is 0 Å². The van der Waals surface area contributed by atoms with Gasteiger partial charge in [0.2, 0.25) is 17.7 Å². The van der Waals surface area contributed by atoms with Crippen LogP contribution in [0.5, 0.6) is 11.5 Å². The van der Waals surface area contributed by atoms with Gasteiger partial charge in [-0.1, -0.05) is 84.9 Å². The van der Waals surface area contributed by atoms with E-state index in [1.807, 2.05) is 91.0 Å². The van der Waals surface area contributed by atoms with Crippen molar-refractivity contribution in [3.63, 3.8) is 0 Å². The molecular formula is C37H26Cl2N2O4. The molecule has 222 valence electrons. The summed E-state index contributed by atoms with van der Waals surface area (Å²) in [4.78, 5) is 40.4. The highest BCUT2D eigenvalue weighted by Gasteiger charge is 2.73. The number of fused-ring (bicyclic) bond motifs is 1. The van der Waals surface area contributed by atoms with E-state index in [4.69, 9.17) is 27.9 Å². The first-order valence-corrected chi connectivity index (χ1v) is 15.5. The number of rotatable bonds is 5. The molecule has 0 unspecified atom stereocenters. The third-order valence-electron chi connectivity index (χ3n) is 9.49. The second-order valence-corrected chi connectivity index (χ2v) is 13.0. The maximum Gasteiger partial charge on any atom is 0.247 e. The van der Waals surface area contributed by atoms with Crippen LogP contribution in [0, 0.1) is 11.8 Å². The molecule has 8 heteroatoms. The van der Waals surface area contributed by atoms with Crippen LogP contribution in [0.1, 0.15) is 29.2 Å². The van der Waals surface area contributed by atoms with Crippen molar-refractivity contribution in [2.24, 2.45) is 11.8 Å². The molecule has 1 aliphatic heterocycles. The number of anilines is 1. The number of hydrogen-bond acceptors (Lipinski definition) is 4. The van der Waals surface area contributed by atoms with Gasteiger partial charge in [-0.15, -0.1) is 23.2 Å². The van der Waals surface area contributed by atoms with E-state index in [1.54, 1.807) is 31.2 Å². The minimum Gasteiger partial charge on any atom is -0.457 e. The van der Waals surface area contributed by atoms with E-state index < -0.39 is 45.3 Å². The second kappa shape index (κ2) is 9.93. The summed E-state index contributed by atoms with van der Waals surface area (Å²) in [7, 11) is 0. The summed E-state index contributed by atoms with van der Waals surface area (Å²) in [6.07, 6.45) is 0. The zero-order valence-electron chi connectivity index (χ0n) is 24.0. The Morgan fingerprint density at radius 1 is 0.711 bits per heavy atom. The molecule has 4 aliphatic rings. The van der Waals surface area contributed by atoms with Gasteiger partial charge in [-0.05, 0) is 64.9 Å². The molecule has 1 N–H and O–H groups in total. The lowest BCUT2D eigenvalue weighted by Gasteiger charge is -2.54. The summed E-state index contributed by atoms with van der Waals surface area (Å²) in [5.74, 6) is -2.12. The van der Waals surface area contributed by atoms with E-state index >= 15 is 0 Å². The summed E-state index contributed by atoms with van der Waals surface area (Å²) < 4.78 is 6.13. The smallest absolute Gasteiger partial charge is 0.247 e. The fourth-order valence-electron chi connectivity index (χ4n) is 7.45. The summed E-state index contributed by atoms with van der Waals surface area (Å²) >= 11 is 15.0. The maximum absolute atomic E-state index is 14.2. The van der Waals surface area contributed by atoms with E-state index in [9.17, 15) is 14.4 Å². The first-order chi connectivity index (χ1) is 21.7. The van der Waals surface area contributed by atoms with Gasteiger partial charge in [0.1, 0.15) is 27.3 Å². The predicted molar refractivity (Wildman–Crippen MR) is 174 cm³/mol. The van der Waals surface area contributed by atoms with Gasteiger partial charge < -0.3 is 10.1 Å². The molecule has 0 spiro atoms. The largest absolute Gasteiger partial charge is 0.457 e. The molecule has 1 heterocycles. The molecule has 3 amide bonds. The summed E-state index contributed by atoms with van der Waals surface area (Å²) in [6, 6.07) is 34.6. The number of amides is 3. The second-order valence-electron chi connectivity index (χ2n) is 11.8. The number of halogens is 2. The van der Waals surface area contributed by atoms with Crippen LogP contribution in [0.15, 0.2) is 115 Å². The number of ether oxygens (including phenoxy) is 1. The fourth-order valence-corrected chi connectivity index (χ4v) is 8.55. The Labute approximate surface area is 269 Å². The predicted octanol–water partition coefficient (Wildman–Crippen LogP) is 7.55. The zero-order chi connectivity index (χ0) is 31.1. The van der Waals surface area contributed by atoms with Crippen molar-refractivity contribution in [2.75, 3.05) is 5.32 Å². The first-order valence-electron chi connectivity index (χ1n) is 14.8. The molecule has 1 fully saturated rings. The van der Waals surface area contributed by atoms with Gasteiger partial charge in [0.15, 0.2) is 0 Å². The lowest BCUT2D eigenvalue weighted by Crippen LogP contribution is -2.57. The highest BCUT2D eigenvalue weighted by atomic mass is 35.5. The number of likely N-dealkylation sites (tertiary alicyclic amines) is 1. The Morgan fingerprint density at radius 3 is 1.76 bits per heavy atom.